The average Bonchev–Trinajstić information content (AvgIpc) is 2.37. The molecule has 0 saturated carbocycles. The highest BCUT2D eigenvalue weighted by Gasteiger charge is 2.03. The lowest BCUT2D eigenvalue weighted by molar-refractivity contribution is -0.137. The molecule has 0 radical (unpaired) electrons. The van der Waals surface area contributed by atoms with Crippen molar-refractivity contribution in [2.24, 2.45) is 0 Å². The molecule has 0 bridgehead atoms. The standard InChI is InChI=1S/C16H28O3/c1-2-3-4-5-6-7-8-9-12-15(17)13-10-11-14-16(18)19/h2H,1,3-14H2,(H,18,19). The van der Waals surface area contributed by atoms with Crippen molar-refractivity contribution >= 4 is 11.8 Å². The molecule has 0 aromatic rings. The van der Waals surface area contributed by atoms with E-state index >= 15 is 0 Å². The largest absolute Gasteiger partial charge is 0.481 e. The topological polar surface area (TPSA) is 54.4 Å². The van der Waals surface area contributed by atoms with Crippen LogP contribution < -0.4 is 0 Å². The van der Waals surface area contributed by atoms with Gasteiger partial charge in [0.2, 0.25) is 0 Å². The van der Waals surface area contributed by atoms with E-state index in [0.29, 0.717) is 25.7 Å². The highest BCUT2D eigenvalue weighted by molar-refractivity contribution is 5.78. The number of rotatable bonds is 14. The summed E-state index contributed by atoms with van der Waals surface area (Å²) in [5, 5.41) is 8.47. The summed E-state index contributed by atoms with van der Waals surface area (Å²) in [6, 6.07) is 0. The lowest BCUT2D eigenvalue weighted by atomic mass is 10.0. The molecule has 0 aromatic carbocycles. The number of aliphatic carboxylic acids is 1. The van der Waals surface area contributed by atoms with E-state index in [1.807, 2.05) is 6.08 Å². The van der Waals surface area contributed by atoms with Crippen molar-refractivity contribution < 1.29 is 14.7 Å². The van der Waals surface area contributed by atoms with Gasteiger partial charge in [-0.3, -0.25) is 9.59 Å². The van der Waals surface area contributed by atoms with Gasteiger partial charge >= 0.3 is 5.97 Å². The molecule has 0 fully saturated rings. The Bertz CT molecular complexity index is 259. The van der Waals surface area contributed by atoms with Gasteiger partial charge in [0.15, 0.2) is 0 Å². The van der Waals surface area contributed by atoms with Gasteiger partial charge in [-0.05, 0) is 32.1 Å². The van der Waals surface area contributed by atoms with E-state index in [4.69, 9.17) is 5.11 Å². The molecular formula is C16H28O3. The van der Waals surface area contributed by atoms with Crippen molar-refractivity contribution in [1.82, 2.24) is 0 Å². The highest BCUT2D eigenvalue weighted by Crippen LogP contribution is 2.10. The predicted octanol–water partition coefficient (Wildman–Crippen LogP) is 4.51. The van der Waals surface area contributed by atoms with Crippen molar-refractivity contribution in [1.29, 1.82) is 0 Å². The van der Waals surface area contributed by atoms with Gasteiger partial charge in [-0.15, -0.1) is 6.58 Å². The molecule has 110 valence electrons. The number of unbranched alkanes of at least 4 members (excludes halogenated alkanes) is 7. The zero-order valence-electron chi connectivity index (χ0n) is 12.0. The second kappa shape index (κ2) is 13.3. The van der Waals surface area contributed by atoms with Crippen LogP contribution >= 0.6 is 0 Å². The SMILES string of the molecule is C=CCCCCCCCCC(=O)CCCCC(=O)O. The number of carboxylic acid groups (broad SMARTS) is 1. The summed E-state index contributed by atoms with van der Waals surface area (Å²) in [5.41, 5.74) is 0. The number of carbonyl (C=O) groups is 2. The van der Waals surface area contributed by atoms with Crippen molar-refractivity contribution in [2.45, 2.75) is 77.0 Å². The molecule has 0 amide bonds. The monoisotopic (exact) mass is 268 g/mol. The molecule has 0 unspecified atom stereocenters. The summed E-state index contributed by atoms with van der Waals surface area (Å²) in [5.74, 6) is -0.485. The molecule has 0 aliphatic rings. The number of allylic oxidation sites excluding steroid dienone is 1. The maximum atomic E-state index is 11.5. The Hall–Kier alpha value is -1.12. The molecule has 0 rings (SSSR count). The fourth-order valence-electron chi connectivity index (χ4n) is 2.04. The number of Topliss-reactive ketones (excluding diaryl/α,β-unsaturated/α-hetero) is 1. The molecular weight excluding hydrogens is 240 g/mol. The van der Waals surface area contributed by atoms with E-state index in [2.05, 4.69) is 6.58 Å². The van der Waals surface area contributed by atoms with Gasteiger partial charge in [0.25, 0.3) is 0 Å². The summed E-state index contributed by atoms with van der Waals surface area (Å²) < 4.78 is 0. The van der Waals surface area contributed by atoms with Crippen LogP contribution in [0.1, 0.15) is 77.0 Å². The van der Waals surface area contributed by atoms with Crippen molar-refractivity contribution in [3.8, 4) is 0 Å². The van der Waals surface area contributed by atoms with Crippen LogP contribution in [0.25, 0.3) is 0 Å². The molecule has 0 spiro atoms. The molecule has 19 heavy (non-hydrogen) atoms. The number of ketones is 1. The Labute approximate surface area is 117 Å². The van der Waals surface area contributed by atoms with E-state index < -0.39 is 5.97 Å². The Balaban J connectivity index is 3.20. The maximum absolute atomic E-state index is 11.5. The van der Waals surface area contributed by atoms with Gasteiger partial charge in [0.1, 0.15) is 5.78 Å². The number of hydrogen-bond donors (Lipinski definition) is 1. The van der Waals surface area contributed by atoms with Crippen molar-refractivity contribution in [2.75, 3.05) is 0 Å². The second-order valence-electron chi connectivity index (χ2n) is 5.09. The molecule has 1 N–H and O–H groups in total. The lowest BCUT2D eigenvalue weighted by Gasteiger charge is -2.02. The molecule has 0 aliphatic carbocycles. The first-order valence-corrected chi connectivity index (χ1v) is 7.51. The molecule has 0 aromatic heterocycles. The number of carbonyl (C=O) groups excluding carboxylic acids is 1. The summed E-state index contributed by atoms with van der Waals surface area (Å²) in [7, 11) is 0. The maximum Gasteiger partial charge on any atom is 0.303 e. The quantitative estimate of drug-likeness (QED) is 0.372. The summed E-state index contributed by atoms with van der Waals surface area (Å²) in [6.45, 7) is 3.70. The predicted molar refractivity (Wildman–Crippen MR) is 78.2 cm³/mol. The molecule has 3 heteroatoms. The fraction of sp³-hybridized carbons (Fsp3) is 0.750. The first kappa shape index (κ1) is 17.9. The van der Waals surface area contributed by atoms with Gasteiger partial charge < -0.3 is 5.11 Å². The third-order valence-corrected chi connectivity index (χ3v) is 3.21. The molecule has 0 saturated heterocycles. The minimum absolute atomic E-state index is 0.179. The summed E-state index contributed by atoms with van der Waals surface area (Å²) >= 11 is 0. The minimum atomic E-state index is -0.774. The van der Waals surface area contributed by atoms with Crippen molar-refractivity contribution in [3.63, 3.8) is 0 Å². The van der Waals surface area contributed by atoms with E-state index in [1.165, 1.54) is 25.7 Å². The molecule has 0 aliphatic heterocycles. The Morgan fingerprint density at radius 1 is 0.789 bits per heavy atom. The Morgan fingerprint density at radius 3 is 1.84 bits per heavy atom. The first-order valence-electron chi connectivity index (χ1n) is 7.51. The van der Waals surface area contributed by atoms with E-state index in [1.54, 1.807) is 0 Å². The van der Waals surface area contributed by atoms with E-state index in [9.17, 15) is 9.59 Å². The number of carboxylic acids is 1. The average molecular weight is 268 g/mol. The molecule has 3 nitrogen and oxygen atoms in total. The van der Waals surface area contributed by atoms with Crippen LogP contribution in [0.2, 0.25) is 0 Å². The Kier molecular flexibility index (Phi) is 12.5. The van der Waals surface area contributed by atoms with Crippen LogP contribution in [0.5, 0.6) is 0 Å². The second-order valence-corrected chi connectivity index (χ2v) is 5.09. The zero-order valence-corrected chi connectivity index (χ0v) is 12.0. The zero-order chi connectivity index (χ0) is 14.3. The van der Waals surface area contributed by atoms with Crippen LogP contribution in [0.4, 0.5) is 0 Å². The third-order valence-electron chi connectivity index (χ3n) is 3.21. The number of hydrogen-bond acceptors (Lipinski definition) is 2. The van der Waals surface area contributed by atoms with Crippen LogP contribution in [-0.2, 0) is 9.59 Å². The fourth-order valence-corrected chi connectivity index (χ4v) is 2.04. The van der Waals surface area contributed by atoms with Crippen LogP contribution in [-0.4, -0.2) is 16.9 Å². The van der Waals surface area contributed by atoms with Crippen LogP contribution in [0, 0.1) is 0 Å². The molecule has 0 atom stereocenters. The first-order chi connectivity index (χ1) is 9.16. The normalized spacial score (nSPS) is 10.3. The van der Waals surface area contributed by atoms with Gasteiger partial charge in [-0.1, -0.05) is 31.8 Å². The molecule has 0 heterocycles. The summed E-state index contributed by atoms with van der Waals surface area (Å²) in [6.07, 6.45) is 12.9. The van der Waals surface area contributed by atoms with Gasteiger partial charge in [0, 0.05) is 19.3 Å². The van der Waals surface area contributed by atoms with Crippen LogP contribution in [0.15, 0.2) is 12.7 Å². The van der Waals surface area contributed by atoms with E-state index in [0.717, 1.165) is 19.3 Å². The van der Waals surface area contributed by atoms with Gasteiger partial charge in [-0.2, -0.15) is 0 Å². The van der Waals surface area contributed by atoms with Gasteiger partial charge in [-0.25, -0.2) is 0 Å². The van der Waals surface area contributed by atoms with Crippen LogP contribution in [0.3, 0.4) is 0 Å². The summed E-state index contributed by atoms with van der Waals surface area (Å²) in [4.78, 5) is 21.8. The highest BCUT2D eigenvalue weighted by atomic mass is 16.4. The van der Waals surface area contributed by atoms with Crippen molar-refractivity contribution in [3.05, 3.63) is 12.7 Å². The smallest absolute Gasteiger partial charge is 0.303 e. The van der Waals surface area contributed by atoms with Gasteiger partial charge in [0.05, 0.1) is 0 Å². The minimum Gasteiger partial charge on any atom is -0.481 e. The van der Waals surface area contributed by atoms with E-state index in [-0.39, 0.29) is 12.2 Å². The lowest BCUT2D eigenvalue weighted by Crippen LogP contribution is -1.99. The third kappa shape index (κ3) is 14.8. The Morgan fingerprint density at radius 2 is 1.26 bits per heavy atom.